The number of hydrogen-bond donors (Lipinski definition) is 1. The molecule has 1 aromatic rings. The lowest BCUT2D eigenvalue weighted by molar-refractivity contribution is -0.132. The van der Waals surface area contributed by atoms with Gasteiger partial charge >= 0.3 is 0 Å². The van der Waals surface area contributed by atoms with E-state index in [1.54, 1.807) is 4.90 Å². The number of benzene rings is 1. The molecule has 136 valence electrons. The molecule has 2 aliphatic heterocycles. The molecule has 1 aromatic carbocycles. The molecule has 1 N–H and O–H groups in total. The molecule has 0 radical (unpaired) electrons. The lowest BCUT2D eigenvalue weighted by Crippen LogP contribution is -2.44. The highest BCUT2D eigenvalue weighted by Crippen LogP contribution is 2.28. The summed E-state index contributed by atoms with van der Waals surface area (Å²) in [5, 5.41) is 2.78. The Balaban J connectivity index is 1.69. The van der Waals surface area contributed by atoms with Gasteiger partial charge in [0.15, 0.2) is 9.84 Å². The molecule has 0 aromatic heterocycles. The standard InChI is InChI=1S/C18H24N2O4S/c1-11-4-5-14(8-12(11)2)20-7-6-15(18(20)22)17(21)19-16-10-25(23,24)9-13(16)3/h4-5,8,13,15-16H,6-7,9-10H2,1-3H3,(H,19,21)/t13-,15+,16+/m0/s1. The number of hydrogen-bond acceptors (Lipinski definition) is 4. The zero-order valence-corrected chi connectivity index (χ0v) is 15.6. The van der Waals surface area contributed by atoms with Gasteiger partial charge in [-0.05, 0) is 49.4 Å². The average Bonchev–Trinajstić information content (AvgIpc) is 3.01. The highest BCUT2D eigenvalue weighted by molar-refractivity contribution is 7.91. The fraction of sp³-hybridized carbons (Fsp3) is 0.556. The molecule has 7 heteroatoms. The molecule has 0 bridgehead atoms. The van der Waals surface area contributed by atoms with E-state index in [1.165, 1.54) is 0 Å². The number of aryl methyl sites for hydroxylation is 2. The fourth-order valence-corrected chi connectivity index (χ4v) is 5.69. The first-order chi connectivity index (χ1) is 11.7. The Morgan fingerprint density at radius 3 is 2.52 bits per heavy atom. The number of rotatable bonds is 3. The molecule has 25 heavy (non-hydrogen) atoms. The third-order valence-corrected chi connectivity index (χ3v) is 7.19. The number of carbonyl (C=O) groups is 2. The van der Waals surface area contributed by atoms with Crippen molar-refractivity contribution >= 4 is 27.3 Å². The molecule has 2 saturated heterocycles. The van der Waals surface area contributed by atoms with Crippen LogP contribution in [0.25, 0.3) is 0 Å². The predicted octanol–water partition coefficient (Wildman–Crippen LogP) is 1.21. The highest BCUT2D eigenvalue weighted by atomic mass is 32.2. The van der Waals surface area contributed by atoms with Crippen LogP contribution in [-0.4, -0.2) is 44.3 Å². The summed E-state index contributed by atoms with van der Waals surface area (Å²) in [5.74, 6) is -1.38. The predicted molar refractivity (Wildman–Crippen MR) is 96.1 cm³/mol. The molecule has 2 heterocycles. The normalized spacial score (nSPS) is 28.4. The average molecular weight is 364 g/mol. The highest BCUT2D eigenvalue weighted by Gasteiger charge is 2.41. The monoisotopic (exact) mass is 364 g/mol. The SMILES string of the molecule is Cc1ccc(N2CC[C@H](C(=O)N[C@@H]3CS(=O)(=O)C[C@@H]3C)C2=O)cc1C. The van der Waals surface area contributed by atoms with Gasteiger partial charge in [-0.3, -0.25) is 9.59 Å². The van der Waals surface area contributed by atoms with Crippen molar-refractivity contribution in [2.75, 3.05) is 23.0 Å². The van der Waals surface area contributed by atoms with Crippen molar-refractivity contribution in [3.8, 4) is 0 Å². The van der Waals surface area contributed by atoms with Gasteiger partial charge in [0.05, 0.1) is 11.5 Å². The Labute approximate surface area is 148 Å². The second-order valence-corrected chi connectivity index (χ2v) is 9.42. The largest absolute Gasteiger partial charge is 0.351 e. The van der Waals surface area contributed by atoms with Crippen molar-refractivity contribution in [3.63, 3.8) is 0 Å². The van der Waals surface area contributed by atoms with E-state index in [4.69, 9.17) is 0 Å². The van der Waals surface area contributed by atoms with Gasteiger partial charge in [-0.25, -0.2) is 8.42 Å². The maximum absolute atomic E-state index is 12.7. The van der Waals surface area contributed by atoms with Crippen molar-refractivity contribution in [3.05, 3.63) is 29.3 Å². The molecule has 0 spiro atoms. The molecule has 3 atom stereocenters. The van der Waals surface area contributed by atoms with Crippen molar-refractivity contribution in [2.45, 2.75) is 33.2 Å². The van der Waals surface area contributed by atoms with E-state index >= 15 is 0 Å². The van der Waals surface area contributed by atoms with Crippen LogP contribution in [0.15, 0.2) is 18.2 Å². The van der Waals surface area contributed by atoms with Crippen LogP contribution in [-0.2, 0) is 19.4 Å². The van der Waals surface area contributed by atoms with Gasteiger partial charge in [-0.1, -0.05) is 13.0 Å². The smallest absolute Gasteiger partial charge is 0.239 e. The van der Waals surface area contributed by atoms with Crippen LogP contribution in [0.5, 0.6) is 0 Å². The molecule has 0 unspecified atom stereocenters. The summed E-state index contributed by atoms with van der Waals surface area (Å²) in [6.45, 7) is 6.31. The maximum Gasteiger partial charge on any atom is 0.239 e. The van der Waals surface area contributed by atoms with E-state index in [2.05, 4.69) is 5.32 Å². The Kier molecular flexibility index (Phi) is 4.62. The third-order valence-electron chi connectivity index (χ3n) is 5.29. The van der Waals surface area contributed by atoms with E-state index in [1.807, 2.05) is 39.0 Å². The zero-order valence-electron chi connectivity index (χ0n) is 14.8. The van der Waals surface area contributed by atoms with E-state index < -0.39 is 21.8 Å². The quantitative estimate of drug-likeness (QED) is 0.817. The van der Waals surface area contributed by atoms with Gasteiger partial charge in [0.2, 0.25) is 11.8 Å². The first-order valence-electron chi connectivity index (χ1n) is 8.57. The summed E-state index contributed by atoms with van der Waals surface area (Å²) in [7, 11) is -3.10. The van der Waals surface area contributed by atoms with Crippen molar-refractivity contribution in [2.24, 2.45) is 11.8 Å². The molecule has 0 saturated carbocycles. The van der Waals surface area contributed by atoms with Gasteiger partial charge < -0.3 is 10.2 Å². The summed E-state index contributed by atoms with van der Waals surface area (Å²) in [5.41, 5.74) is 3.06. The Bertz CT molecular complexity index is 818. The van der Waals surface area contributed by atoms with Crippen molar-refractivity contribution < 1.29 is 18.0 Å². The number of nitrogens with zero attached hydrogens (tertiary/aromatic N) is 1. The first-order valence-corrected chi connectivity index (χ1v) is 10.4. The summed E-state index contributed by atoms with van der Waals surface area (Å²) < 4.78 is 23.4. The minimum atomic E-state index is -3.10. The molecular formula is C18H24N2O4S. The lowest BCUT2D eigenvalue weighted by atomic mass is 10.0. The minimum absolute atomic E-state index is 0.0400. The number of nitrogens with one attached hydrogen (secondary N) is 1. The lowest BCUT2D eigenvalue weighted by Gasteiger charge is -2.20. The van der Waals surface area contributed by atoms with Crippen molar-refractivity contribution in [1.82, 2.24) is 5.32 Å². The zero-order chi connectivity index (χ0) is 18.4. The van der Waals surface area contributed by atoms with Crippen molar-refractivity contribution in [1.29, 1.82) is 0 Å². The molecule has 6 nitrogen and oxygen atoms in total. The van der Waals surface area contributed by atoms with Crippen LogP contribution in [0, 0.1) is 25.7 Å². The fourth-order valence-electron chi connectivity index (χ4n) is 3.56. The van der Waals surface area contributed by atoms with Gasteiger partial charge in [-0.15, -0.1) is 0 Å². The molecule has 2 fully saturated rings. The van der Waals surface area contributed by atoms with Crippen LogP contribution in [0.2, 0.25) is 0 Å². The molecule has 3 rings (SSSR count). The van der Waals surface area contributed by atoms with E-state index in [-0.39, 0.29) is 29.2 Å². The number of carbonyl (C=O) groups excluding carboxylic acids is 2. The van der Waals surface area contributed by atoms with E-state index in [0.29, 0.717) is 13.0 Å². The first kappa shape index (κ1) is 17.9. The van der Waals surface area contributed by atoms with Crippen LogP contribution < -0.4 is 10.2 Å². The third kappa shape index (κ3) is 3.56. The summed E-state index contributed by atoms with van der Waals surface area (Å²) in [6.07, 6.45) is 0.450. The van der Waals surface area contributed by atoms with Crippen LogP contribution in [0.1, 0.15) is 24.5 Å². The van der Waals surface area contributed by atoms with Gasteiger partial charge in [0.25, 0.3) is 0 Å². The Hall–Kier alpha value is -1.89. The maximum atomic E-state index is 12.7. The number of anilines is 1. The number of amides is 2. The molecule has 0 aliphatic carbocycles. The summed E-state index contributed by atoms with van der Waals surface area (Å²) in [4.78, 5) is 26.8. The molecular weight excluding hydrogens is 340 g/mol. The van der Waals surface area contributed by atoms with Gasteiger partial charge in [-0.2, -0.15) is 0 Å². The van der Waals surface area contributed by atoms with Crippen LogP contribution in [0.3, 0.4) is 0 Å². The number of sulfone groups is 1. The minimum Gasteiger partial charge on any atom is -0.351 e. The topological polar surface area (TPSA) is 83.6 Å². The van der Waals surface area contributed by atoms with Crippen LogP contribution >= 0.6 is 0 Å². The Morgan fingerprint density at radius 1 is 1.20 bits per heavy atom. The van der Waals surface area contributed by atoms with E-state index in [0.717, 1.165) is 16.8 Å². The van der Waals surface area contributed by atoms with E-state index in [9.17, 15) is 18.0 Å². The summed E-state index contributed by atoms with van der Waals surface area (Å²) >= 11 is 0. The van der Waals surface area contributed by atoms with Gasteiger partial charge in [0, 0.05) is 18.3 Å². The second-order valence-electron chi connectivity index (χ2n) is 7.27. The second kappa shape index (κ2) is 6.44. The molecule has 2 amide bonds. The summed E-state index contributed by atoms with van der Waals surface area (Å²) in [6, 6.07) is 5.42. The Morgan fingerprint density at radius 2 is 1.92 bits per heavy atom. The van der Waals surface area contributed by atoms with Crippen LogP contribution in [0.4, 0.5) is 5.69 Å². The molecule has 2 aliphatic rings. The van der Waals surface area contributed by atoms with Gasteiger partial charge in [0.1, 0.15) is 5.92 Å².